The molecule has 2 saturated heterocycles. The molecule has 2 aliphatic heterocycles. The van der Waals surface area contributed by atoms with E-state index in [4.69, 9.17) is 4.74 Å². The van der Waals surface area contributed by atoms with Gasteiger partial charge < -0.3 is 19.1 Å². The molecule has 1 atom stereocenters. The molecular formula is C27H33N5O3. The third-order valence-electron chi connectivity index (χ3n) is 7.41. The van der Waals surface area contributed by atoms with E-state index in [-0.39, 0.29) is 24.4 Å². The van der Waals surface area contributed by atoms with E-state index in [9.17, 15) is 9.59 Å². The molecule has 4 heterocycles. The quantitative estimate of drug-likeness (QED) is 0.523. The number of hydrogen-bond donors (Lipinski definition) is 0. The number of amides is 2. The number of piperidine rings is 1. The molecule has 2 aromatic heterocycles. The number of nitrogens with zero attached hydrogens (tertiary/aromatic N) is 5. The minimum atomic E-state index is -0.0215. The third kappa shape index (κ3) is 4.74. The number of carbonyl (C=O) groups excluding carboxylic acids is 2. The summed E-state index contributed by atoms with van der Waals surface area (Å²) in [5.74, 6) is 0.662. The molecule has 0 aliphatic carbocycles. The summed E-state index contributed by atoms with van der Waals surface area (Å²) in [6.45, 7) is 6.86. The lowest BCUT2D eigenvalue weighted by molar-refractivity contribution is -0.141. The predicted molar refractivity (Wildman–Crippen MR) is 133 cm³/mol. The van der Waals surface area contributed by atoms with E-state index >= 15 is 0 Å². The number of fused-ring (bicyclic) bond motifs is 1. The van der Waals surface area contributed by atoms with Gasteiger partial charge in [0, 0.05) is 31.7 Å². The SMILES string of the molecule is Cc1c(C)n(Cc2ccccc2)c2ncnc(OCC3CCCCN3C(=O)CN3CCCC3=O)c12. The van der Waals surface area contributed by atoms with Gasteiger partial charge in [-0.2, -0.15) is 0 Å². The number of aryl methyl sites for hydroxylation is 1. The van der Waals surface area contributed by atoms with Crippen molar-refractivity contribution in [3.63, 3.8) is 0 Å². The van der Waals surface area contributed by atoms with Crippen LogP contribution in [0, 0.1) is 13.8 Å². The van der Waals surface area contributed by atoms with Crippen molar-refractivity contribution < 1.29 is 14.3 Å². The van der Waals surface area contributed by atoms with Gasteiger partial charge in [-0.3, -0.25) is 9.59 Å². The number of ether oxygens (including phenoxy) is 1. The molecule has 1 unspecified atom stereocenters. The molecule has 8 nitrogen and oxygen atoms in total. The molecular weight excluding hydrogens is 442 g/mol. The van der Waals surface area contributed by atoms with Crippen LogP contribution in [-0.2, 0) is 16.1 Å². The number of likely N-dealkylation sites (tertiary alicyclic amines) is 2. The summed E-state index contributed by atoms with van der Waals surface area (Å²) in [4.78, 5) is 37.7. The van der Waals surface area contributed by atoms with Crippen LogP contribution in [0.15, 0.2) is 36.7 Å². The first-order valence-corrected chi connectivity index (χ1v) is 12.6. The number of hydrogen-bond acceptors (Lipinski definition) is 5. The molecule has 35 heavy (non-hydrogen) atoms. The molecule has 1 aromatic carbocycles. The Balaban J connectivity index is 1.34. The number of rotatable bonds is 7. The van der Waals surface area contributed by atoms with Gasteiger partial charge in [0.15, 0.2) is 0 Å². The summed E-state index contributed by atoms with van der Waals surface area (Å²) in [7, 11) is 0. The fourth-order valence-corrected chi connectivity index (χ4v) is 5.31. The first-order chi connectivity index (χ1) is 17.0. The zero-order valence-electron chi connectivity index (χ0n) is 20.6. The van der Waals surface area contributed by atoms with Gasteiger partial charge in [-0.1, -0.05) is 30.3 Å². The van der Waals surface area contributed by atoms with Crippen molar-refractivity contribution >= 4 is 22.8 Å². The second-order valence-electron chi connectivity index (χ2n) is 9.63. The Morgan fingerprint density at radius 1 is 1.09 bits per heavy atom. The zero-order chi connectivity index (χ0) is 24.4. The second-order valence-corrected chi connectivity index (χ2v) is 9.63. The van der Waals surface area contributed by atoms with Gasteiger partial charge in [-0.05, 0) is 50.7 Å². The maximum Gasteiger partial charge on any atom is 0.242 e. The lowest BCUT2D eigenvalue weighted by atomic mass is 10.0. The van der Waals surface area contributed by atoms with Crippen LogP contribution in [0.4, 0.5) is 0 Å². The van der Waals surface area contributed by atoms with Gasteiger partial charge in [0.1, 0.15) is 18.6 Å². The van der Waals surface area contributed by atoms with Crippen LogP contribution in [0.5, 0.6) is 5.88 Å². The van der Waals surface area contributed by atoms with Gasteiger partial charge in [0.05, 0.1) is 18.0 Å². The molecule has 5 rings (SSSR count). The number of aromatic nitrogens is 3. The standard InChI is InChI=1S/C27H33N5O3/c1-19-20(2)32(15-21-9-4-3-5-10-21)26-25(19)27(29-18-28-26)35-17-22-11-6-7-14-31(22)24(34)16-30-13-8-12-23(30)33/h3-5,9-10,18,22H,6-8,11-17H2,1-2H3. The van der Waals surface area contributed by atoms with E-state index in [0.29, 0.717) is 32.0 Å². The molecule has 0 saturated carbocycles. The van der Waals surface area contributed by atoms with Gasteiger partial charge >= 0.3 is 0 Å². The molecule has 184 valence electrons. The van der Waals surface area contributed by atoms with Crippen molar-refractivity contribution in [2.24, 2.45) is 0 Å². The van der Waals surface area contributed by atoms with Crippen LogP contribution in [0.25, 0.3) is 11.0 Å². The fraction of sp³-hybridized carbons (Fsp3) is 0.481. The van der Waals surface area contributed by atoms with E-state index in [1.165, 1.54) is 5.56 Å². The van der Waals surface area contributed by atoms with Crippen LogP contribution >= 0.6 is 0 Å². The molecule has 8 heteroatoms. The Bertz CT molecular complexity index is 1220. The highest BCUT2D eigenvalue weighted by Gasteiger charge is 2.31. The fourth-order valence-electron chi connectivity index (χ4n) is 5.31. The third-order valence-corrected chi connectivity index (χ3v) is 7.41. The zero-order valence-corrected chi connectivity index (χ0v) is 20.6. The highest BCUT2D eigenvalue weighted by molar-refractivity contribution is 5.87. The predicted octanol–water partition coefficient (Wildman–Crippen LogP) is 3.48. The molecule has 2 aliphatic rings. The molecule has 2 amide bonds. The minimum Gasteiger partial charge on any atom is -0.475 e. The molecule has 0 N–H and O–H groups in total. The Morgan fingerprint density at radius 2 is 1.91 bits per heavy atom. The van der Waals surface area contributed by atoms with Crippen molar-refractivity contribution in [2.45, 2.75) is 58.5 Å². The summed E-state index contributed by atoms with van der Waals surface area (Å²) in [6.07, 6.45) is 5.87. The highest BCUT2D eigenvalue weighted by Crippen LogP contribution is 2.31. The Kier molecular flexibility index (Phi) is 6.70. The van der Waals surface area contributed by atoms with Crippen molar-refractivity contribution in [1.29, 1.82) is 0 Å². The van der Waals surface area contributed by atoms with Crippen molar-refractivity contribution in [2.75, 3.05) is 26.2 Å². The molecule has 0 bridgehead atoms. The second kappa shape index (κ2) is 10.1. The summed E-state index contributed by atoms with van der Waals surface area (Å²) >= 11 is 0. The summed E-state index contributed by atoms with van der Waals surface area (Å²) in [5.41, 5.74) is 4.31. The maximum absolute atomic E-state index is 13.1. The molecule has 0 spiro atoms. The van der Waals surface area contributed by atoms with Crippen LogP contribution in [0.1, 0.15) is 48.9 Å². The summed E-state index contributed by atoms with van der Waals surface area (Å²) in [6, 6.07) is 10.3. The highest BCUT2D eigenvalue weighted by atomic mass is 16.5. The topological polar surface area (TPSA) is 80.6 Å². The lowest BCUT2D eigenvalue weighted by Crippen LogP contribution is -2.50. The number of benzene rings is 1. The average Bonchev–Trinajstić information content (AvgIpc) is 3.39. The molecule has 0 radical (unpaired) electrons. The van der Waals surface area contributed by atoms with E-state index < -0.39 is 0 Å². The van der Waals surface area contributed by atoms with E-state index in [0.717, 1.165) is 54.5 Å². The average molecular weight is 476 g/mol. The van der Waals surface area contributed by atoms with Gasteiger partial charge in [0.2, 0.25) is 17.7 Å². The van der Waals surface area contributed by atoms with Gasteiger partial charge in [-0.25, -0.2) is 9.97 Å². The normalized spacial score (nSPS) is 18.5. The largest absolute Gasteiger partial charge is 0.475 e. The van der Waals surface area contributed by atoms with Crippen molar-refractivity contribution in [3.8, 4) is 5.88 Å². The van der Waals surface area contributed by atoms with Crippen LogP contribution in [-0.4, -0.2) is 68.4 Å². The molecule has 3 aromatic rings. The van der Waals surface area contributed by atoms with Crippen molar-refractivity contribution in [3.05, 3.63) is 53.5 Å². The first kappa shape index (κ1) is 23.3. The lowest BCUT2D eigenvalue weighted by Gasteiger charge is -2.36. The maximum atomic E-state index is 13.1. The number of carbonyl (C=O) groups is 2. The van der Waals surface area contributed by atoms with Crippen molar-refractivity contribution in [1.82, 2.24) is 24.3 Å². The smallest absolute Gasteiger partial charge is 0.242 e. The summed E-state index contributed by atoms with van der Waals surface area (Å²) in [5, 5.41) is 0.928. The Labute approximate surface area is 205 Å². The van der Waals surface area contributed by atoms with E-state index in [2.05, 4.69) is 40.5 Å². The van der Waals surface area contributed by atoms with Gasteiger partial charge in [0.25, 0.3) is 0 Å². The van der Waals surface area contributed by atoms with Crippen LogP contribution < -0.4 is 4.74 Å². The van der Waals surface area contributed by atoms with E-state index in [1.807, 2.05) is 23.1 Å². The Morgan fingerprint density at radius 3 is 2.69 bits per heavy atom. The summed E-state index contributed by atoms with van der Waals surface area (Å²) < 4.78 is 8.50. The van der Waals surface area contributed by atoms with E-state index in [1.54, 1.807) is 11.2 Å². The van der Waals surface area contributed by atoms with Gasteiger partial charge in [-0.15, -0.1) is 0 Å². The first-order valence-electron chi connectivity index (χ1n) is 12.6. The minimum absolute atomic E-state index is 0.0161. The monoisotopic (exact) mass is 475 g/mol. The molecule has 2 fully saturated rings. The Hall–Kier alpha value is -3.42. The van der Waals surface area contributed by atoms with Crippen LogP contribution in [0.3, 0.4) is 0 Å². The van der Waals surface area contributed by atoms with Crippen LogP contribution in [0.2, 0.25) is 0 Å².